The molecule has 0 heterocycles. The molecule has 3 nitrogen and oxygen atoms in total. The van der Waals surface area contributed by atoms with E-state index in [2.05, 4.69) is 21.4 Å². The van der Waals surface area contributed by atoms with Crippen molar-refractivity contribution in [1.29, 1.82) is 0 Å². The second-order valence-corrected chi connectivity index (χ2v) is 4.99. The van der Waals surface area contributed by atoms with Gasteiger partial charge in [0.05, 0.1) is 4.47 Å². The van der Waals surface area contributed by atoms with Crippen molar-refractivity contribution in [2.75, 3.05) is 7.05 Å². The van der Waals surface area contributed by atoms with Crippen molar-refractivity contribution in [2.24, 2.45) is 5.92 Å². The molecule has 2 atom stereocenters. The summed E-state index contributed by atoms with van der Waals surface area (Å²) in [5, 5.41) is 0. The maximum atomic E-state index is 13.4. The summed E-state index contributed by atoms with van der Waals surface area (Å²) in [4.78, 5) is 15.7. The van der Waals surface area contributed by atoms with E-state index in [1.165, 1.54) is 12.1 Å². The number of nitrogens with one attached hydrogen (secondary N) is 1. The molecule has 1 aliphatic rings. The number of benzene rings is 1. The number of hydrogen-bond donors (Lipinski definition) is 1. The molecule has 0 aromatic heterocycles. The topological polar surface area (TPSA) is 38.3 Å². The SMILES string of the molecule is CNO/C(=C\C=O)[C@@H]1C[C@H]1c1ccc(Br)c(F)c1. The Hall–Kier alpha value is -1.20. The van der Waals surface area contributed by atoms with Crippen molar-refractivity contribution in [1.82, 2.24) is 5.48 Å². The molecule has 1 aliphatic carbocycles. The van der Waals surface area contributed by atoms with E-state index in [1.54, 1.807) is 13.1 Å². The van der Waals surface area contributed by atoms with E-state index in [0.717, 1.165) is 12.0 Å². The van der Waals surface area contributed by atoms with Gasteiger partial charge in [-0.3, -0.25) is 4.79 Å². The van der Waals surface area contributed by atoms with Gasteiger partial charge in [0.2, 0.25) is 0 Å². The van der Waals surface area contributed by atoms with Crippen molar-refractivity contribution >= 4 is 22.2 Å². The van der Waals surface area contributed by atoms with Crippen LogP contribution in [0, 0.1) is 11.7 Å². The second kappa shape index (κ2) is 5.63. The van der Waals surface area contributed by atoms with Crippen molar-refractivity contribution in [2.45, 2.75) is 12.3 Å². The lowest BCUT2D eigenvalue weighted by Crippen LogP contribution is -2.09. The zero-order valence-corrected chi connectivity index (χ0v) is 11.4. The highest BCUT2D eigenvalue weighted by Gasteiger charge is 2.42. The Morgan fingerprint density at radius 3 is 3.00 bits per heavy atom. The molecule has 96 valence electrons. The monoisotopic (exact) mass is 313 g/mol. The van der Waals surface area contributed by atoms with Crippen LogP contribution in [0.15, 0.2) is 34.5 Å². The van der Waals surface area contributed by atoms with Crippen LogP contribution in [0.25, 0.3) is 0 Å². The first-order chi connectivity index (χ1) is 8.67. The van der Waals surface area contributed by atoms with E-state index in [4.69, 9.17) is 4.84 Å². The fourth-order valence-electron chi connectivity index (χ4n) is 2.04. The maximum absolute atomic E-state index is 13.4. The maximum Gasteiger partial charge on any atom is 0.146 e. The smallest absolute Gasteiger partial charge is 0.146 e. The quantitative estimate of drug-likeness (QED) is 0.393. The molecular formula is C13H13BrFNO2. The Kier molecular flexibility index (Phi) is 4.14. The van der Waals surface area contributed by atoms with Crippen LogP contribution >= 0.6 is 15.9 Å². The van der Waals surface area contributed by atoms with Gasteiger partial charge in [-0.15, -0.1) is 0 Å². The molecular weight excluding hydrogens is 301 g/mol. The summed E-state index contributed by atoms with van der Waals surface area (Å²) in [6, 6.07) is 5.10. The fraction of sp³-hybridized carbons (Fsp3) is 0.308. The van der Waals surface area contributed by atoms with Crippen LogP contribution < -0.4 is 5.48 Å². The molecule has 0 saturated heterocycles. The van der Waals surface area contributed by atoms with E-state index in [1.807, 2.05) is 6.07 Å². The van der Waals surface area contributed by atoms with Crippen LogP contribution in [0.5, 0.6) is 0 Å². The van der Waals surface area contributed by atoms with Crippen LogP contribution in [0.3, 0.4) is 0 Å². The lowest BCUT2D eigenvalue weighted by molar-refractivity contribution is -0.104. The Bertz CT molecular complexity index is 490. The molecule has 1 saturated carbocycles. The minimum atomic E-state index is -0.270. The predicted molar refractivity (Wildman–Crippen MR) is 69.2 cm³/mol. The number of hydroxylamine groups is 1. The highest BCUT2D eigenvalue weighted by molar-refractivity contribution is 9.10. The summed E-state index contributed by atoms with van der Waals surface area (Å²) in [5.74, 6) is 0.685. The van der Waals surface area contributed by atoms with E-state index in [9.17, 15) is 9.18 Å². The number of rotatable bonds is 5. The molecule has 0 amide bonds. The van der Waals surface area contributed by atoms with Gasteiger partial charge in [0.1, 0.15) is 17.9 Å². The molecule has 1 fully saturated rings. The summed E-state index contributed by atoms with van der Waals surface area (Å²) in [7, 11) is 1.63. The van der Waals surface area contributed by atoms with Crippen molar-refractivity contribution in [3.05, 3.63) is 45.9 Å². The van der Waals surface area contributed by atoms with Gasteiger partial charge in [-0.25, -0.2) is 4.39 Å². The molecule has 0 aliphatic heterocycles. The van der Waals surface area contributed by atoms with E-state index in [0.29, 0.717) is 16.5 Å². The number of hydrogen-bond acceptors (Lipinski definition) is 3. The molecule has 2 rings (SSSR count). The van der Waals surface area contributed by atoms with Crippen molar-refractivity contribution in [3.8, 4) is 0 Å². The Morgan fingerprint density at radius 1 is 1.61 bits per heavy atom. The average Bonchev–Trinajstić information content (AvgIpc) is 3.12. The summed E-state index contributed by atoms with van der Waals surface area (Å²) < 4.78 is 13.9. The predicted octanol–water partition coefficient (Wildman–Crippen LogP) is 2.93. The molecule has 0 bridgehead atoms. The van der Waals surface area contributed by atoms with Crippen LogP contribution in [0.2, 0.25) is 0 Å². The van der Waals surface area contributed by atoms with Gasteiger partial charge < -0.3 is 4.84 Å². The minimum absolute atomic E-state index is 0.142. The lowest BCUT2D eigenvalue weighted by Gasteiger charge is -2.07. The van der Waals surface area contributed by atoms with Crippen molar-refractivity contribution in [3.63, 3.8) is 0 Å². The first kappa shape index (κ1) is 13.2. The molecule has 0 unspecified atom stereocenters. The van der Waals surface area contributed by atoms with Gasteiger partial charge >= 0.3 is 0 Å². The highest BCUT2D eigenvalue weighted by atomic mass is 79.9. The number of carbonyl (C=O) groups is 1. The Balaban J connectivity index is 2.12. The largest absolute Gasteiger partial charge is 0.413 e. The van der Waals surface area contributed by atoms with Gasteiger partial charge in [0.25, 0.3) is 0 Å². The van der Waals surface area contributed by atoms with Gasteiger partial charge in [-0.1, -0.05) is 6.07 Å². The van der Waals surface area contributed by atoms with Crippen molar-refractivity contribution < 1.29 is 14.0 Å². The molecule has 1 aromatic rings. The van der Waals surface area contributed by atoms with E-state index < -0.39 is 0 Å². The molecule has 0 radical (unpaired) electrons. The minimum Gasteiger partial charge on any atom is -0.413 e. The number of carbonyl (C=O) groups excluding carboxylic acids is 1. The lowest BCUT2D eigenvalue weighted by atomic mass is 10.1. The summed E-state index contributed by atoms with van der Waals surface area (Å²) in [6.07, 6.45) is 2.96. The molecule has 1 N–H and O–H groups in total. The third kappa shape index (κ3) is 2.79. The van der Waals surface area contributed by atoms with Crippen LogP contribution in [-0.2, 0) is 9.63 Å². The van der Waals surface area contributed by atoms with Crippen LogP contribution in [-0.4, -0.2) is 13.3 Å². The first-order valence-corrected chi connectivity index (χ1v) is 6.40. The zero-order valence-electron chi connectivity index (χ0n) is 9.82. The Labute approximate surface area is 113 Å². The normalized spacial score (nSPS) is 22.7. The van der Waals surface area contributed by atoms with Gasteiger partial charge in [-0.2, -0.15) is 5.48 Å². The summed E-state index contributed by atoms with van der Waals surface area (Å²) in [5.41, 5.74) is 3.49. The van der Waals surface area contributed by atoms with E-state index >= 15 is 0 Å². The third-order valence-electron chi connectivity index (χ3n) is 2.98. The standard InChI is InChI=1S/C13H13BrFNO2/c1-16-18-13(4-5-17)10-7-9(10)8-2-3-11(14)12(15)6-8/h2-6,9-10,16H,7H2,1H3/b13-4-/t9-,10+/m0/s1. The molecule has 1 aromatic carbocycles. The number of aldehydes is 1. The number of allylic oxidation sites excluding steroid dienone is 2. The first-order valence-electron chi connectivity index (χ1n) is 5.61. The molecule has 5 heteroatoms. The average molecular weight is 314 g/mol. The van der Waals surface area contributed by atoms with E-state index in [-0.39, 0.29) is 17.7 Å². The zero-order chi connectivity index (χ0) is 13.1. The van der Waals surface area contributed by atoms with Gasteiger partial charge in [-0.05, 0) is 46.0 Å². The van der Waals surface area contributed by atoms with Gasteiger partial charge in [0.15, 0.2) is 0 Å². The highest BCUT2D eigenvalue weighted by Crippen LogP contribution is 2.52. The van der Waals surface area contributed by atoms with Gasteiger partial charge in [0, 0.05) is 19.0 Å². The van der Waals surface area contributed by atoms with Crippen LogP contribution in [0.4, 0.5) is 4.39 Å². The Morgan fingerprint density at radius 2 is 2.39 bits per heavy atom. The second-order valence-electron chi connectivity index (χ2n) is 4.13. The fourth-order valence-corrected chi connectivity index (χ4v) is 2.29. The molecule has 0 spiro atoms. The van der Waals surface area contributed by atoms with Crippen LogP contribution in [0.1, 0.15) is 17.9 Å². The summed E-state index contributed by atoms with van der Waals surface area (Å²) >= 11 is 3.13. The summed E-state index contributed by atoms with van der Waals surface area (Å²) in [6.45, 7) is 0. The third-order valence-corrected chi connectivity index (χ3v) is 3.62. The molecule has 18 heavy (non-hydrogen) atoms. The number of halogens is 2.